The SMILES string of the molecule is C#CC#CC#CC#CC#CC#CC#CC#CC#CC#CC#CC#CC#C.N#Cc1ccc(-c2ccc3c(c2)C2(c4ccccc4-3)c3ccccc3-n3c4ccc5c6ccccc6oc5c4c4cccc2c43)cc1. The lowest BCUT2D eigenvalue weighted by Gasteiger charge is -2.39. The third kappa shape index (κ3) is 8.27. The Morgan fingerprint density at radius 2 is 0.918 bits per heavy atom. The van der Waals surface area contributed by atoms with Crippen LogP contribution in [-0.2, 0) is 5.41 Å². The quantitative estimate of drug-likeness (QED) is 0.154. The summed E-state index contributed by atoms with van der Waals surface area (Å²) in [7, 11) is 0. The van der Waals surface area contributed by atoms with E-state index in [0.717, 1.165) is 44.0 Å². The molecule has 2 aromatic heterocycles. The fourth-order valence-electron chi connectivity index (χ4n) is 9.49. The molecule has 1 spiro atoms. The van der Waals surface area contributed by atoms with E-state index in [2.05, 4.69) is 280 Å². The Balaban J connectivity index is 0.000000203. The molecule has 0 bridgehead atoms. The number of aromatic nitrogens is 1. The van der Waals surface area contributed by atoms with Crippen LogP contribution in [0.5, 0.6) is 0 Å². The summed E-state index contributed by atoms with van der Waals surface area (Å²) in [6.07, 6.45) is 9.82. The number of nitriles is 1. The average molecular weight is 911 g/mol. The van der Waals surface area contributed by atoms with Crippen molar-refractivity contribution in [3.63, 3.8) is 0 Å². The lowest BCUT2D eigenvalue weighted by Crippen LogP contribution is -2.33. The third-order valence-electron chi connectivity index (χ3n) is 12.1. The van der Waals surface area contributed by atoms with Gasteiger partial charge in [0.25, 0.3) is 0 Å². The Labute approximate surface area is 423 Å². The van der Waals surface area contributed by atoms with Crippen molar-refractivity contribution in [3.05, 3.63) is 173 Å². The van der Waals surface area contributed by atoms with Crippen molar-refractivity contribution in [2.75, 3.05) is 0 Å². The summed E-state index contributed by atoms with van der Waals surface area (Å²) < 4.78 is 9.13. The van der Waals surface area contributed by atoms with Gasteiger partial charge in [-0.25, -0.2) is 0 Å². The molecular formula is C70H26N2O. The molecule has 1 atom stereocenters. The van der Waals surface area contributed by atoms with Crippen molar-refractivity contribution < 1.29 is 4.42 Å². The summed E-state index contributed by atoms with van der Waals surface area (Å²) in [5, 5.41) is 14.1. The number of hydrogen-bond donors (Lipinski definition) is 0. The Bertz CT molecular complexity index is 4670. The van der Waals surface area contributed by atoms with Gasteiger partial charge >= 0.3 is 0 Å². The number of benzene rings is 7. The molecule has 1 aliphatic heterocycles. The van der Waals surface area contributed by atoms with E-state index in [0.29, 0.717) is 5.56 Å². The van der Waals surface area contributed by atoms with Gasteiger partial charge in [0.15, 0.2) is 0 Å². The van der Waals surface area contributed by atoms with Crippen LogP contribution < -0.4 is 0 Å². The van der Waals surface area contributed by atoms with Crippen LogP contribution in [0.15, 0.2) is 150 Å². The normalized spacial score (nSPS) is 11.5. The summed E-state index contributed by atoms with van der Waals surface area (Å²) in [6.45, 7) is 0. The zero-order chi connectivity index (χ0) is 49.8. The predicted molar refractivity (Wildman–Crippen MR) is 292 cm³/mol. The highest BCUT2D eigenvalue weighted by molar-refractivity contribution is 6.25. The van der Waals surface area contributed by atoms with Crippen LogP contribution in [0.2, 0.25) is 0 Å². The summed E-state index contributed by atoms with van der Waals surface area (Å²) in [5.41, 5.74) is 15.4. The van der Waals surface area contributed by atoms with E-state index in [4.69, 9.17) is 17.3 Å². The summed E-state index contributed by atoms with van der Waals surface area (Å²) in [4.78, 5) is 0. The number of para-hydroxylation sites is 3. The Hall–Kier alpha value is -12.1. The van der Waals surface area contributed by atoms with Gasteiger partial charge in [-0.1, -0.05) is 103 Å². The molecule has 9 aromatic rings. The first kappa shape index (κ1) is 44.7. The molecule has 11 rings (SSSR count). The fourth-order valence-corrected chi connectivity index (χ4v) is 9.49. The molecule has 0 amide bonds. The van der Waals surface area contributed by atoms with Gasteiger partial charge in [-0.3, -0.25) is 0 Å². The lowest BCUT2D eigenvalue weighted by atomic mass is 9.65. The zero-order valence-corrected chi connectivity index (χ0v) is 38.3. The Kier molecular flexibility index (Phi) is 12.5. The molecule has 1 unspecified atom stereocenters. The Morgan fingerprint density at radius 3 is 1.53 bits per heavy atom. The van der Waals surface area contributed by atoms with Gasteiger partial charge in [0, 0.05) is 63.5 Å². The first-order valence-corrected chi connectivity index (χ1v) is 22.3. The number of furan rings is 1. The largest absolute Gasteiger partial charge is 0.455 e. The summed E-state index contributed by atoms with van der Waals surface area (Å²) >= 11 is 0. The van der Waals surface area contributed by atoms with E-state index >= 15 is 0 Å². The average Bonchev–Trinajstić information content (AvgIpc) is 4.09. The van der Waals surface area contributed by atoms with Crippen LogP contribution in [-0.4, -0.2) is 4.57 Å². The Morgan fingerprint density at radius 1 is 0.411 bits per heavy atom. The number of nitrogens with zero attached hydrogens (tertiary/aromatic N) is 2. The molecule has 0 fully saturated rings. The minimum atomic E-state index is -0.526. The number of rotatable bonds is 1. The maximum atomic E-state index is 9.43. The molecule has 7 aromatic carbocycles. The van der Waals surface area contributed by atoms with Gasteiger partial charge in [-0.15, -0.1) is 12.8 Å². The number of fused-ring (bicyclic) bond motifs is 16. The van der Waals surface area contributed by atoms with Gasteiger partial charge in [-0.2, -0.15) is 5.26 Å². The molecule has 0 N–H and O–H groups in total. The van der Waals surface area contributed by atoms with Crippen molar-refractivity contribution in [1.29, 1.82) is 5.26 Å². The first-order chi connectivity index (χ1) is 36.2. The molecule has 0 saturated carbocycles. The van der Waals surface area contributed by atoms with E-state index < -0.39 is 5.41 Å². The van der Waals surface area contributed by atoms with Crippen molar-refractivity contribution in [2.45, 2.75) is 5.41 Å². The molecule has 3 heterocycles. The van der Waals surface area contributed by atoms with Gasteiger partial charge < -0.3 is 8.98 Å². The summed E-state index contributed by atoms with van der Waals surface area (Å²) in [5.74, 6) is 58.2. The minimum absolute atomic E-state index is 0.526. The standard InChI is InChI=1S/C44H24N2O.C26H2/c45-25-26-16-18-27(19-17-26)28-20-21-30-29-8-1-3-11-34(29)44(37(30)24-28)35-12-4-5-14-38(35)46-39-23-22-32-31-9-2-6-15-40(31)47-43(32)41(39)33-10-7-13-36(44)42(33)46;1-3-5-7-9-11-13-15-17-19-21-23-25-26-24-22-20-18-16-14-12-10-8-6-4-2/h1-24H;1-2H. The molecule has 3 nitrogen and oxygen atoms in total. The topological polar surface area (TPSA) is 41.9 Å². The smallest absolute Gasteiger partial charge is 0.145 e. The fraction of sp³-hybridized carbons (Fsp3) is 0.0143. The molecule has 3 heteroatoms. The highest BCUT2D eigenvalue weighted by Gasteiger charge is 2.51. The van der Waals surface area contributed by atoms with Crippen LogP contribution in [0.4, 0.5) is 0 Å². The first-order valence-electron chi connectivity index (χ1n) is 22.3. The van der Waals surface area contributed by atoms with Crippen molar-refractivity contribution >= 4 is 43.7 Å². The monoisotopic (exact) mass is 910 g/mol. The second-order valence-electron chi connectivity index (χ2n) is 15.8. The van der Waals surface area contributed by atoms with Crippen molar-refractivity contribution in [3.8, 4) is 189 Å². The van der Waals surface area contributed by atoms with Crippen LogP contribution in [0.1, 0.15) is 27.8 Å². The van der Waals surface area contributed by atoms with E-state index in [1.807, 2.05) is 18.2 Å². The van der Waals surface area contributed by atoms with Gasteiger partial charge in [0.2, 0.25) is 0 Å². The number of hydrogen-bond acceptors (Lipinski definition) is 2. The number of terminal acetylenes is 2. The minimum Gasteiger partial charge on any atom is -0.455 e. The van der Waals surface area contributed by atoms with Gasteiger partial charge in [0.05, 0.1) is 39.2 Å². The molecule has 322 valence electrons. The van der Waals surface area contributed by atoms with Crippen LogP contribution in [0.3, 0.4) is 0 Å². The molecule has 0 radical (unpaired) electrons. The predicted octanol–water partition coefficient (Wildman–Crippen LogP) is 11.2. The van der Waals surface area contributed by atoms with Crippen LogP contribution in [0.25, 0.3) is 71.7 Å². The maximum Gasteiger partial charge on any atom is 0.145 e. The summed E-state index contributed by atoms with van der Waals surface area (Å²) in [6, 6.07) is 54.6. The van der Waals surface area contributed by atoms with Crippen molar-refractivity contribution in [1.82, 2.24) is 4.57 Å². The molecule has 0 saturated heterocycles. The molecular weight excluding hydrogens is 885 g/mol. The highest BCUT2D eigenvalue weighted by atomic mass is 16.3. The lowest BCUT2D eigenvalue weighted by molar-refractivity contribution is 0.673. The maximum absolute atomic E-state index is 9.43. The molecule has 2 aliphatic rings. The molecule has 1 aliphatic carbocycles. The third-order valence-corrected chi connectivity index (χ3v) is 12.1. The zero-order valence-electron chi connectivity index (χ0n) is 38.3. The van der Waals surface area contributed by atoms with Crippen molar-refractivity contribution in [2.24, 2.45) is 0 Å². The van der Waals surface area contributed by atoms with Crippen LogP contribution >= 0.6 is 0 Å². The van der Waals surface area contributed by atoms with Crippen LogP contribution in [0, 0.1) is 166 Å². The molecule has 73 heavy (non-hydrogen) atoms. The van der Waals surface area contributed by atoms with E-state index in [9.17, 15) is 5.26 Å². The highest BCUT2D eigenvalue weighted by Crippen LogP contribution is 2.61. The second kappa shape index (κ2) is 20.4. The second-order valence-corrected chi connectivity index (χ2v) is 15.8. The van der Waals surface area contributed by atoms with Gasteiger partial charge in [-0.05, 0) is 182 Å². The van der Waals surface area contributed by atoms with Gasteiger partial charge in [0.1, 0.15) is 11.2 Å². The van der Waals surface area contributed by atoms with E-state index in [1.54, 1.807) is 0 Å². The van der Waals surface area contributed by atoms with E-state index in [1.165, 1.54) is 50.0 Å². The van der Waals surface area contributed by atoms with E-state index in [-0.39, 0.29) is 0 Å².